The van der Waals surface area contributed by atoms with Crippen molar-refractivity contribution in [3.8, 4) is 0 Å². The molecule has 9 N–H and O–H groups in total. The Morgan fingerprint density at radius 2 is 1.38 bits per heavy atom. The number of unbranched alkanes of at least 4 members (excludes halogenated alkanes) is 2. The molecule has 1 aromatic rings. The molecule has 1 heterocycles. The van der Waals surface area contributed by atoms with Gasteiger partial charge in [-0.05, 0) is 36.7 Å². The fourth-order valence-electron chi connectivity index (χ4n) is 5.34. The number of hydrogen-bond acceptors (Lipinski definition) is 10. The molecule has 3 unspecified atom stereocenters. The topological polar surface area (TPSA) is 258 Å². The van der Waals surface area contributed by atoms with Crippen molar-refractivity contribution in [2.24, 2.45) is 17.1 Å². The lowest BCUT2D eigenvalue weighted by atomic mass is 9.80. The molecule has 1 aliphatic rings. The highest BCUT2D eigenvalue weighted by atomic mass is 16.3. The van der Waals surface area contributed by atoms with Gasteiger partial charge in [-0.1, -0.05) is 57.5 Å². The molecule has 1 aliphatic heterocycles. The summed E-state index contributed by atoms with van der Waals surface area (Å²) in [5, 5.41) is 25.8. The highest BCUT2D eigenvalue weighted by molar-refractivity contribution is 6.03. The van der Waals surface area contributed by atoms with E-state index >= 15 is 0 Å². The predicted octanol–water partition coefficient (Wildman–Crippen LogP) is -1.67. The van der Waals surface area contributed by atoms with Crippen molar-refractivity contribution in [1.29, 1.82) is 0 Å². The zero-order valence-corrected chi connectivity index (χ0v) is 30.3. The Balaban J connectivity index is 1.65. The van der Waals surface area contributed by atoms with E-state index in [1.165, 1.54) is 4.90 Å². The SMILES string of the molecule is CC(C)(C)C1CC(=O)N(CCCCCC(=O)NCC(=O)NCC(=O)NCC(=O)NC(Cc2ccccc2)C(O)NCC(=O)NCCCC(N)=O)C1=O. The minimum absolute atomic E-state index is 0.125. The molecule has 0 spiro atoms. The number of nitrogens with two attached hydrogens (primary N) is 1. The van der Waals surface area contributed by atoms with Crippen molar-refractivity contribution in [3.63, 3.8) is 0 Å². The summed E-state index contributed by atoms with van der Waals surface area (Å²) in [6.45, 7) is 4.83. The minimum atomic E-state index is -1.33. The van der Waals surface area contributed by atoms with Crippen LogP contribution in [0.15, 0.2) is 30.3 Å². The van der Waals surface area contributed by atoms with Gasteiger partial charge in [0.1, 0.15) is 6.23 Å². The van der Waals surface area contributed by atoms with Crippen LogP contribution >= 0.6 is 0 Å². The maximum atomic E-state index is 12.7. The first kappa shape index (κ1) is 43.3. The van der Waals surface area contributed by atoms with Crippen LogP contribution in [0.1, 0.15) is 71.3 Å². The highest BCUT2D eigenvalue weighted by Gasteiger charge is 2.44. The van der Waals surface area contributed by atoms with E-state index in [0.29, 0.717) is 32.2 Å². The second-order valence-corrected chi connectivity index (χ2v) is 13.8. The smallest absolute Gasteiger partial charge is 0.239 e. The van der Waals surface area contributed by atoms with Gasteiger partial charge in [-0.3, -0.25) is 48.6 Å². The molecule has 17 nitrogen and oxygen atoms in total. The van der Waals surface area contributed by atoms with E-state index in [-0.39, 0.29) is 74.4 Å². The normalized spacial score (nSPS) is 15.4. The van der Waals surface area contributed by atoms with Gasteiger partial charge in [0, 0.05) is 32.4 Å². The average Bonchev–Trinajstić information content (AvgIpc) is 3.38. The summed E-state index contributed by atoms with van der Waals surface area (Å²) in [4.78, 5) is 98.3. The number of hydrogen-bond donors (Lipinski definition) is 8. The molecular formula is C35H54N8O9. The highest BCUT2D eigenvalue weighted by Crippen LogP contribution is 2.35. The second-order valence-electron chi connectivity index (χ2n) is 13.8. The van der Waals surface area contributed by atoms with Gasteiger partial charge in [0.15, 0.2) is 0 Å². The van der Waals surface area contributed by atoms with E-state index in [9.17, 15) is 43.5 Å². The lowest BCUT2D eigenvalue weighted by Gasteiger charge is -2.25. The van der Waals surface area contributed by atoms with Gasteiger partial charge in [0.05, 0.1) is 38.1 Å². The standard InChI is InChI=1S/C35H54N8O9/c1-35(2,3)24-18-32(50)43(34(24)52)16-9-5-8-14-27(45)38-19-29(47)39-20-30(48)40-22-31(49)42-25(17-23-11-6-4-7-12-23)33(51)41-21-28(46)37-15-10-13-26(36)44/h4,6-7,11-12,24-25,33,41,51H,5,8-10,13-22H2,1-3H3,(H2,36,44)(H,37,46)(H,38,45)(H,39,47)(H,40,48)(H,42,49). The molecule has 1 saturated heterocycles. The number of primary amides is 1. The predicted molar refractivity (Wildman–Crippen MR) is 189 cm³/mol. The molecule has 0 bridgehead atoms. The van der Waals surface area contributed by atoms with Gasteiger partial charge in [0.25, 0.3) is 0 Å². The number of likely N-dealkylation sites (tertiary alicyclic amines) is 1. The Morgan fingerprint density at radius 1 is 0.788 bits per heavy atom. The quantitative estimate of drug-likeness (QED) is 0.0361. The van der Waals surface area contributed by atoms with Gasteiger partial charge < -0.3 is 37.4 Å². The minimum Gasteiger partial charge on any atom is -0.376 e. The first-order chi connectivity index (χ1) is 24.6. The maximum absolute atomic E-state index is 12.7. The lowest BCUT2D eigenvalue weighted by molar-refractivity contribution is -0.140. The Bertz CT molecular complexity index is 1400. The molecular weight excluding hydrogens is 676 g/mol. The van der Waals surface area contributed by atoms with Crippen molar-refractivity contribution in [1.82, 2.24) is 36.8 Å². The Kier molecular flexibility index (Phi) is 18.4. The van der Waals surface area contributed by atoms with Crippen LogP contribution in [-0.2, 0) is 44.8 Å². The molecule has 0 aliphatic carbocycles. The van der Waals surface area contributed by atoms with E-state index in [4.69, 9.17) is 5.73 Å². The van der Waals surface area contributed by atoms with Crippen molar-refractivity contribution >= 4 is 47.3 Å². The molecule has 8 amide bonds. The second kappa shape index (κ2) is 22.1. The summed E-state index contributed by atoms with van der Waals surface area (Å²) in [5.74, 6) is -3.81. The summed E-state index contributed by atoms with van der Waals surface area (Å²) in [7, 11) is 0. The van der Waals surface area contributed by atoms with Crippen LogP contribution in [0, 0.1) is 11.3 Å². The van der Waals surface area contributed by atoms with Crippen molar-refractivity contribution in [2.75, 3.05) is 39.3 Å². The van der Waals surface area contributed by atoms with Crippen LogP contribution in [0.3, 0.4) is 0 Å². The number of amides is 8. The number of nitrogens with zero attached hydrogens (tertiary/aromatic N) is 1. The van der Waals surface area contributed by atoms with Gasteiger partial charge in [-0.2, -0.15) is 0 Å². The molecule has 1 fully saturated rings. The summed E-state index contributed by atoms with van der Waals surface area (Å²) in [5.41, 5.74) is 5.59. The van der Waals surface area contributed by atoms with Crippen molar-refractivity contribution in [3.05, 3.63) is 35.9 Å². The third-order valence-electron chi connectivity index (χ3n) is 8.33. The number of aliphatic hydroxyl groups excluding tert-OH is 1. The van der Waals surface area contributed by atoms with Gasteiger partial charge in [0.2, 0.25) is 47.3 Å². The largest absolute Gasteiger partial charge is 0.376 e. The van der Waals surface area contributed by atoms with E-state index in [0.717, 1.165) is 5.56 Å². The van der Waals surface area contributed by atoms with Crippen LogP contribution in [-0.4, -0.2) is 109 Å². The zero-order valence-electron chi connectivity index (χ0n) is 30.3. The molecule has 52 heavy (non-hydrogen) atoms. The number of carbonyl (C=O) groups is 8. The monoisotopic (exact) mass is 730 g/mol. The summed E-state index contributed by atoms with van der Waals surface area (Å²) < 4.78 is 0. The third kappa shape index (κ3) is 16.9. The summed E-state index contributed by atoms with van der Waals surface area (Å²) >= 11 is 0. The first-order valence-corrected chi connectivity index (χ1v) is 17.5. The molecule has 17 heteroatoms. The van der Waals surface area contributed by atoms with Crippen LogP contribution in [0.5, 0.6) is 0 Å². The number of nitrogens with one attached hydrogen (secondary N) is 6. The fraction of sp³-hybridized carbons (Fsp3) is 0.600. The Morgan fingerprint density at radius 3 is 1.98 bits per heavy atom. The van der Waals surface area contributed by atoms with E-state index in [1.54, 1.807) is 24.3 Å². The third-order valence-corrected chi connectivity index (χ3v) is 8.33. The molecule has 0 aromatic heterocycles. The maximum Gasteiger partial charge on any atom is 0.239 e. The van der Waals surface area contributed by atoms with Crippen LogP contribution in [0.4, 0.5) is 0 Å². The molecule has 2 rings (SSSR count). The molecule has 288 valence electrons. The van der Waals surface area contributed by atoms with Crippen LogP contribution < -0.4 is 37.6 Å². The fourth-order valence-corrected chi connectivity index (χ4v) is 5.34. The summed E-state index contributed by atoms with van der Waals surface area (Å²) in [6.07, 6.45) is 1.43. The molecule has 0 saturated carbocycles. The van der Waals surface area contributed by atoms with Crippen molar-refractivity contribution in [2.45, 2.75) is 84.4 Å². The van der Waals surface area contributed by atoms with Gasteiger partial charge in [-0.15, -0.1) is 0 Å². The average molecular weight is 731 g/mol. The van der Waals surface area contributed by atoms with E-state index in [2.05, 4.69) is 31.9 Å². The molecule has 1 aromatic carbocycles. The summed E-state index contributed by atoms with van der Waals surface area (Å²) in [6, 6.07) is 8.13. The van der Waals surface area contributed by atoms with E-state index in [1.807, 2.05) is 26.8 Å². The number of aliphatic hydroxyl groups is 1. The lowest BCUT2D eigenvalue weighted by Crippen LogP contribution is -2.54. The number of carbonyl (C=O) groups excluding carboxylic acids is 8. The van der Waals surface area contributed by atoms with Crippen LogP contribution in [0.2, 0.25) is 0 Å². The zero-order chi connectivity index (χ0) is 38.7. The Labute approximate surface area is 303 Å². The molecule has 0 radical (unpaired) electrons. The number of benzene rings is 1. The number of rotatable bonds is 23. The first-order valence-electron chi connectivity index (χ1n) is 17.5. The van der Waals surface area contributed by atoms with Gasteiger partial charge >= 0.3 is 0 Å². The van der Waals surface area contributed by atoms with Gasteiger partial charge in [-0.25, -0.2) is 0 Å². The van der Waals surface area contributed by atoms with Crippen molar-refractivity contribution < 1.29 is 43.5 Å². The van der Waals surface area contributed by atoms with Crippen LogP contribution in [0.25, 0.3) is 0 Å². The Hall–Kier alpha value is -4.90. The van der Waals surface area contributed by atoms with E-state index < -0.39 is 54.9 Å². The number of imide groups is 1. The molecule has 3 atom stereocenters.